The highest BCUT2D eigenvalue weighted by Crippen LogP contribution is 2.35. The molecule has 0 spiro atoms. The second kappa shape index (κ2) is 6.33. The molecular formula is C13H16N4O2S. The topological polar surface area (TPSA) is 80.1 Å². The summed E-state index contributed by atoms with van der Waals surface area (Å²) in [7, 11) is 0. The first-order valence-electron chi connectivity index (χ1n) is 6.30. The van der Waals surface area contributed by atoms with Crippen LogP contribution in [0, 0.1) is 10.1 Å². The Morgan fingerprint density at radius 1 is 1.45 bits per heavy atom. The van der Waals surface area contributed by atoms with E-state index in [1.54, 1.807) is 24.4 Å². The molecule has 0 aliphatic rings. The molecule has 0 amide bonds. The number of aromatic nitrogens is 1. The number of nitro benzene ring substituents is 1. The Balaban J connectivity index is 2.31. The molecule has 2 rings (SSSR count). The fourth-order valence-corrected chi connectivity index (χ4v) is 2.58. The zero-order valence-electron chi connectivity index (χ0n) is 11.3. The molecule has 0 saturated carbocycles. The zero-order valence-corrected chi connectivity index (χ0v) is 12.1. The standard InChI is InChI=1S/C13H16N4O2S/c1-3-14-10-5-4-6-11(12(10)17(18)19)16-9(2)13-15-7-8-20-13/h4-9,14,16H,3H2,1-2H3. The fraction of sp³-hybridized carbons (Fsp3) is 0.308. The molecule has 2 aromatic rings. The molecule has 0 fully saturated rings. The maximum Gasteiger partial charge on any atom is 0.315 e. The lowest BCUT2D eigenvalue weighted by molar-refractivity contribution is -0.383. The predicted molar refractivity (Wildman–Crippen MR) is 81.4 cm³/mol. The zero-order chi connectivity index (χ0) is 14.5. The van der Waals surface area contributed by atoms with Crippen LogP contribution < -0.4 is 10.6 Å². The van der Waals surface area contributed by atoms with Gasteiger partial charge >= 0.3 is 5.69 Å². The average Bonchev–Trinajstić information content (AvgIpc) is 2.92. The largest absolute Gasteiger partial charge is 0.380 e. The van der Waals surface area contributed by atoms with Crippen LogP contribution in [0.5, 0.6) is 0 Å². The number of thiazole rings is 1. The summed E-state index contributed by atoms with van der Waals surface area (Å²) in [6.45, 7) is 4.47. The van der Waals surface area contributed by atoms with Gasteiger partial charge in [0, 0.05) is 18.1 Å². The van der Waals surface area contributed by atoms with Gasteiger partial charge < -0.3 is 10.6 Å². The molecule has 6 nitrogen and oxygen atoms in total. The van der Waals surface area contributed by atoms with Gasteiger partial charge in [-0.25, -0.2) is 4.98 Å². The van der Waals surface area contributed by atoms with Gasteiger partial charge in [0.2, 0.25) is 0 Å². The summed E-state index contributed by atoms with van der Waals surface area (Å²) in [6.07, 6.45) is 1.72. The van der Waals surface area contributed by atoms with Crippen molar-refractivity contribution in [1.29, 1.82) is 0 Å². The first-order valence-corrected chi connectivity index (χ1v) is 7.18. The molecule has 106 valence electrons. The Morgan fingerprint density at radius 2 is 2.20 bits per heavy atom. The minimum atomic E-state index is -0.366. The van der Waals surface area contributed by atoms with Crippen LogP contribution in [0.4, 0.5) is 17.1 Å². The quantitative estimate of drug-likeness (QED) is 0.627. The van der Waals surface area contributed by atoms with Crippen molar-refractivity contribution in [3.05, 3.63) is 44.9 Å². The molecule has 1 atom stereocenters. The van der Waals surface area contributed by atoms with Crippen molar-refractivity contribution in [2.45, 2.75) is 19.9 Å². The molecular weight excluding hydrogens is 276 g/mol. The van der Waals surface area contributed by atoms with Gasteiger partial charge in [0.15, 0.2) is 0 Å². The van der Waals surface area contributed by atoms with Crippen molar-refractivity contribution in [3.8, 4) is 0 Å². The first kappa shape index (κ1) is 14.3. The number of nitrogens with one attached hydrogen (secondary N) is 2. The highest BCUT2D eigenvalue weighted by molar-refractivity contribution is 7.09. The van der Waals surface area contributed by atoms with Crippen LogP contribution in [0.25, 0.3) is 0 Å². The SMILES string of the molecule is CCNc1cccc(NC(C)c2nccs2)c1[N+](=O)[O-]. The van der Waals surface area contributed by atoms with E-state index in [0.717, 1.165) is 5.01 Å². The lowest BCUT2D eigenvalue weighted by Crippen LogP contribution is -2.09. The summed E-state index contributed by atoms with van der Waals surface area (Å²) in [4.78, 5) is 15.1. The van der Waals surface area contributed by atoms with E-state index in [1.807, 2.05) is 19.2 Å². The second-order valence-electron chi connectivity index (χ2n) is 4.23. The fourth-order valence-electron chi connectivity index (χ4n) is 1.93. The monoisotopic (exact) mass is 292 g/mol. The van der Waals surface area contributed by atoms with E-state index in [0.29, 0.717) is 17.9 Å². The lowest BCUT2D eigenvalue weighted by Gasteiger charge is -2.14. The third-order valence-corrected chi connectivity index (χ3v) is 3.74. The van der Waals surface area contributed by atoms with E-state index >= 15 is 0 Å². The Labute approximate surface area is 121 Å². The highest BCUT2D eigenvalue weighted by atomic mass is 32.1. The summed E-state index contributed by atoms with van der Waals surface area (Å²) in [6, 6.07) is 5.14. The Morgan fingerprint density at radius 3 is 2.80 bits per heavy atom. The van der Waals surface area contributed by atoms with Gasteiger partial charge in [0.05, 0.1) is 11.0 Å². The summed E-state index contributed by atoms with van der Waals surface area (Å²) < 4.78 is 0. The average molecular weight is 292 g/mol. The van der Waals surface area contributed by atoms with E-state index in [2.05, 4.69) is 15.6 Å². The lowest BCUT2D eigenvalue weighted by atomic mass is 10.2. The summed E-state index contributed by atoms with van der Waals surface area (Å²) in [5, 5.41) is 20.3. The smallest absolute Gasteiger partial charge is 0.315 e. The van der Waals surface area contributed by atoms with Gasteiger partial charge in [-0.2, -0.15) is 0 Å². The maximum absolute atomic E-state index is 11.3. The van der Waals surface area contributed by atoms with Crippen LogP contribution >= 0.6 is 11.3 Å². The van der Waals surface area contributed by atoms with Crippen LogP contribution in [0.3, 0.4) is 0 Å². The van der Waals surface area contributed by atoms with Crippen molar-refractivity contribution in [1.82, 2.24) is 4.98 Å². The van der Waals surface area contributed by atoms with Crippen LogP contribution in [0.2, 0.25) is 0 Å². The van der Waals surface area contributed by atoms with Crippen molar-refractivity contribution >= 4 is 28.4 Å². The number of anilines is 2. The number of hydrogen-bond acceptors (Lipinski definition) is 6. The minimum Gasteiger partial charge on any atom is -0.380 e. The van der Waals surface area contributed by atoms with E-state index in [1.165, 1.54) is 11.3 Å². The summed E-state index contributed by atoms with van der Waals surface area (Å²) in [5.74, 6) is 0. The number of rotatable bonds is 6. The number of benzene rings is 1. The number of hydrogen-bond donors (Lipinski definition) is 2. The molecule has 2 N–H and O–H groups in total. The van der Waals surface area contributed by atoms with Gasteiger partial charge in [-0.05, 0) is 26.0 Å². The van der Waals surface area contributed by atoms with Crippen molar-refractivity contribution in [3.63, 3.8) is 0 Å². The molecule has 1 unspecified atom stereocenters. The summed E-state index contributed by atoms with van der Waals surface area (Å²) in [5.41, 5.74) is 1.09. The molecule has 0 aliphatic carbocycles. The Kier molecular flexibility index (Phi) is 4.52. The number of nitrogens with zero attached hydrogens (tertiary/aromatic N) is 2. The van der Waals surface area contributed by atoms with Crippen molar-refractivity contribution in [2.24, 2.45) is 0 Å². The second-order valence-corrected chi connectivity index (χ2v) is 5.15. The van der Waals surface area contributed by atoms with Crippen molar-refractivity contribution < 1.29 is 4.92 Å². The van der Waals surface area contributed by atoms with Crippen LogP contribution in [0.15, 0.2) is 29.8 Å². The highest BCUT2D eigenvalue weighted by Gasteiger charge is 2.21. The van der Waals surface area contributed by atoms with Gasteiger partial charge in [0.25, 0.3) is 0 Å². The molecule has 0 saturated heterocycles. The molecule has 0 bridgehead atoms. The van der Waals surface area contributed by atoms with Gasteiger partial charge in [0.1, 0.15) is 16.4 Å². The Hall–Kier alpha value is -2.15. The molecule has 1 aromatic heterocycles. The third-order valence-electron chi connectivity index (χ3n) is 2.78. The molecule has 1 aromatic carbocycles. The molecule has 0 radical (unpaired) electrons. The Bertz CT molecular complexity index is 586. The molecule has 7 heteroatoms. The molecule has 0 aliphatic heterocycles. The van der Waals surface area contributed by atoms with Gasteiger partial charge in [-0.3, -0.25) is 10.1 Å². The van der Waals surface area contributed by atoms with E-state index in [-0.39, 0.29) is 16.7 Å². The van der Waals surface area contributed by atoms with E-state index < -0.39 is 0 Å². The molecule has 1 heterocycles. The third kappa shape index (κ3) is 3.05. The number of para-hydroxylation sites is 1. The minimum absolute atomic E-state index is 0.0674. The van der Waals surface area contributed by atoms with E-state index in [9.17, 15) is 10.1 Å². The normalized spacial score (nSPS) is 11.9. The maximum atomic E-state index is 11.3. The number of nitro groups is 1. The van der Waals surface area contributed by atoms with Crippen LogP contribution in [-0.2, 0) is 0 Å². The van der Waals surface area contributed by atoms with Gasteiger partial charge in [-0.1, -0.05) is 6.07 Å². The summed E-state index contributed by atoms with van der Waals surface area (Å²) >= 11 is 1.52. The van der Waals surface area contributed by atoms with Gasteiger partial charge in [-0.15, -0.1) is 11.3 Å². The van der Waals surface area contributed by atoms with Crippen molar-refractivity contribution in [2.75, 3.05) is 17.2 Å². The predicted octanol–water partition coefficient (Wildman–Crippen LogP) is 3.66. The molecule has 20 heavy (non-hydrogen) atoms. The van der Waals surface area contributed by atoms with Crippen LogP contribution in [0.1, 0.15) is 24.9 Å². The van der Waals surface area contributed by atoms with Crippen LogP contribution in [-0.4, -0.2) is 16.5 Å². The van der Waals surface area contributed by atoms with E-state index in [4.69, 9.17) is 0 Å². The first-order chi connectivity index (χ1) is 9.63.